The van der Waals surface area contributed by atoms with E-state index >= 15 is 0 Å². The van der Waals surface area contributed by atoms with E-state index in [0.29, 0.717) is 19.5 Å². The molecule has 0 saturated carbocycles. The van der Waals surface area contributed by atoms with Crippen LogP contribution in [-0.2, 0) is 9.53 Å². The molecule has 1 aliphatic heterocycles. The summed E-state index contributed by atoms with van der Waals surface area (Å²) < 4.78 is 5.09. The number of hydrogen-bond acceptors (Lipinski definition) is 4. The zero-order valence-corrected chi connectivity index (χ0v) is 10.4. The first-order chi connectivity index (χ1) is 7.78. The molecule has 0 radical (unpaired) electrons. The highest BCUT2D eigenvalue weighted by molar-refractivity contribution is 5.74. The molecule has 0 unspecified atom stereocenters. The van der Waals surface area contributed by atoms with E-state index in [-0.39, 0.29) is 5.92 Å². The third-order valence-electron chi connectivity index (χ3n) is 2.45. The maximum atomic E-state index is 11.4. The molecular formula is C11H20N2O4. The second-order valence-electron chi connectivity index (χ2n) is 5.28. The van der Waals surface area contributed by atoms with Crippen molar-refractivity contribution in [2.24, 2.45) is 5.92 Å². The minimum Gasteiger partial charge on any atom is -0.480 e. The van der Waals surface area contributed by atoms with Crippen molar-refractivity contribution >= 4 is 12.1 Å². The maximum absolute atomic E-state index is 11.4. The van der Waals surface area contributed by atoms with Gasteiger partial charge in [-0.2, -0.15) is 0 Å². The molecule has 1 fully saturated rings. The number of carbonyl (C=O) groups excluding carboxylic acids is 1. The van der Waals surface area contributed by atoms with Crippen LogP contribution in [0.5, 0.6) is 0 Å². The van der Waals surface area contributed by atoms with Gasteiger partial charge in [-0.1, -0.05) is 0 Å². The summed E-state index contributed by atoms with van der Waals surface area (Å²) in [6, 6.07) is -0.500. The van der Waals surface area contributed by atoms with E-state index in [1.807, 2.05) is 0 Å². The van der Waals surface area contributed by atoms with Gasteiger partial charge in [0.15, 0.2) is 0 Å². The van der Waals surface area contributed by atoms with Crippen LogP contribution in [0.1, 0.15) is 27.2 Å². The number of hydrogen-bond donors (Lipinski definition) is 3. The van der Waals surface area contributed by atoms with Gasteiger partial charge in [0.1, 0.15) is 11.6 Å². The lowest BCUT2D eigenvalue weighted by molar-refractivity contribution is -0.139. The third-order valence-corrected chi connectivity index (χ3v) is 2.45. The summed E-state index contributed by atoms with van der Waals surface area (Å²) in [7, 11) is 0. The fraction of sp³-hybridized carbons (Fsp3) is 0.818. The Morgan fingerprint density at radius 2 is 2.12 bits per heavy atom. The summed E-state index contributed by atoms with van der Waals surface area (Å²) in [4.78, 5) is 22.1. The van der Waals surface area contributed by atoms with Crippen LogP contribution < -0.4 is 10.6 Å². The van der Waals surface area contributed by atoms with E-state index in [2.05, 4.69) is 10.6 Å². The van der Waals surface area contributed by atoms with Crippen LogP contribution in [0.3, 0.4) is 0 Å². The summed E-state index contributed by atoms with van der Waals surface area (Å²) in [5.41, 5.74) is -0.512. The predicted molar refractivity (Wildman–Crippen MR) is 61.8 cm³/mol. The first kappa shape index (κ1) is 13.8. The summed E-state index contributed by atoms with van der Waals surface area (Å²) in [6.45, 7) is 6.43. The number of ether oxygens (including phenoxy) is 1. The van der Waals surface area contributed by atoms with Gasteiger partial charge in [0.2, 0.25) is 0 Å². The van der Waals surface area contributed by atoms with Crippen molar-refractivity contribution in [3.8, 4) is 0 Å². The van der Waals surface area contributed by atoms with Crippen LogP contribution in [0.2, 0.25) is 0 Å². The van der Waals surface area contributed by atoms with Crippen molar-refractivity contribution in [2.75, 3.05) is 13.1 Å². The Balaban J connectivity index is 2.24. The molecule has 0 aromatic rings. The Bertz CT molecular complexity index is 298. The number of carboxylic acids is 1. The number of amides is 1. The average Bonchev–Trinajstić information content (AvgIpc) is 2.60. The minimum absolute atomic E-state index is 0.142. The maximum Gasteiger partial charge on any atom is 0.407 e. The summed E-state index contributed by atoms with van der Waals surface area (Å²) in [5, 5.41) is 14.3. The van der Waals surface area contributed by atoms with Crippen molar-refractivity contribution in [1.82, 2.24) is 10.6 Å². The van der Waals surface area contributed by atoms with Crippen LogP contribution in [0.4, 0.5) is 4.79 Å². The minimum atomic E-state index is -0.843. The zero-order valence-electron chi connectivity index (χ0n) is 10.4. The van der Waals surface area contributed by atoms with E-state index in [1.54, 1.807) is 20.8 Å². The molecule has 17 heavy (non-hydrogen) atoms. The van der Waals surface area contributed by atoms with Crippen molar-refractivity contribution in [2.45, 2.75) is 38.8 Å². The fourth-order valence-corrected chi connectivity index (χ4v) is 1.69. The van der Waals surface area contributed by atoms with Crippen LogP contribution in [0.25, 0.3) is 0 Å². The Kier molecular flexibility index (Phi) is 4.34. The second kappa shape index (κ2) is 5.35. The Hall–Kier alpha value is -1.30. The molecule has 2 atom stereocenters. The highest BCUT2D eigenvalue weighted by Crippen LogP contribution is 2.13. The van der Waals surface area contributed by atoms with Gasteiger partial charge < -0.3 is 20.5 Å². The number of carbonyl (C=O) groups is 2. The highest BCUT2D eigenvalue weighted by Gasteiger charge is 2.29. The van der Waals surface area contributed by atoms with E-state index in [4.69, 9.17) is 9.84 Å². The summed E-state index contributed by atoms with van der Waals surface area (Å²) in [5.74, 6) is -0.701. The molecule has 1 amide bonds. The lowest BCUT2D eigenvalue weighted by Gasteiger charge is -2.20. The quantitative estimate of drug-likeness (QED) is 0.675. The summed E-state index contributed by atoms with van der Waals surface area (Å²) >= 11 is 0. The van der Waals surface area contributed by atoms with Crippen molar-refractivity contribution in [3.05, 3.63) is 0 Å². The number of rotatable bonds is 3. The molecule has 1 heterocycles. The molecule has 0 spiro atoms. The fourth-order valence-electron chi connectivity index (χ4n) is 1.69. The van der Waals surface area contributed by atoms with Crippen LogP contribution in [-0.4, -0.2) is 41.9 Å². The second-order valence-corrected chi connectivity index (χ2v) is 5.28. The van der Waals surface area contributed by atoms with Crippen LogP contribution in [0, 0.1) is 5.92 Å². The molecule has 0 bridgehead atoms. The highest BCUT2D eigenvalue weighted by atomic mass is 16.6. The molecule has 0 aromatic carbocycles. The molecule has 6 nitrogen and oxygen atoms in total. The van der Waals surface area contributed by atoms with Crippen molar-refractivity contribution in [1.29, 1.82) is 0 Å². The standard InChI is InChI=1S/C11H20N2O4/c1-11(2,3)17-10(16)13-6-7-4-8(9(14)15)12-5-7/h7-8,12H,4-6H2,1-3H3,(H,13,16)(H,14,15)/t7-,8-/m1/s1. The third kappa shape index (κ3) is 5.04. The van der Waals surface area contributed by atoms with Crippen LogP contribution in [0.15, 0.2) is 0 Å². The van der Waals surface area contributed by atoms with E-state index in [1.165, 1.54) is 0 Å². The SMILES string of the molecule is CC(C)(C)OC(=O)NC[C@H]1CN[C@@H](C(=O)O)C1. The Morgan fingerprint density at radius 1 is 1.47 bits per heavy atom. The lowest BCUT2D eigenvalue weighted by Crippen LogP contribution is -2.35. The van der Waals surface area contributed by atoms with Gasteiger partial charge in [0, 0.05) is 13.1 Å². The van der Waals surface area contributed by atoms with E-state index < -0.39 is 23.7 Å². The molecule has 1 aliphatic rings. The van der Waals surface area contributed by atoms with Gasteiger partial charge in [-0.3, -0.25) is 4.79 Å². The smallest absolute Gasteiger partial charge is 0.407 e. The van der Waals surface area contributed by atoms with Gasteiger partial charge in [0.05, 0.1) is 0 Å². The molecule has 0 aromatic heterocycles. The Morgan fingerprint density at radius 3 is 2.59 bits per heavy atom. The topological polar surface area (TPSA) is 87.7 Å². The molecule has 3 N–H and O–H groups in total. The Labute approximate surface area is 101 Å². The predicted octanol–water partition coefficient (Wildman–Crippen LogP) is 0.574. The summed E-state index contributed by atoms with van der Waals surface area (Å²) in [6.07, 6.45) is 0.0711. The number of alkyl carbamates (subject to hydrolysis) is 1. The molecule has 98 valence electrons. The van der Waals surface area contributed by atoms with Gasteiger partial charge in [-0.25, -0.2) is 4.79 Å². The first-order valence-electron chi connectivity index (χ1n) is 5.71. The number of aliphatic carboxylic acids is 1. The van der Waals surface area contributed by atoms with Gasteiger partial charge in [0.25, 0.3) is 0 Å². The van der Waals surface area contributed by atoms with Crippen LogP contribution >= 0.6 is 0 Å². The molecule has 1 saturated heterocycles. The van der Waals surface area contributed by atoms with Crippen molar-refractivity contribution < 1.29 is 19.4 Å². The first-order valence-corrected chi connectivity index (χ1v) is 5.71. The monoisotopic (exact) mass is 244 g/mol. The van der Waals surface area contributed by atoms with E-state index in [9.17, 15) is 9.59 Å². The molecule has 1 rings (SSSR count). The molecule has 0 aliphatic carbocycles. The van der Waals surface area contributed by atoms with Gasteiger partial charge in [-0.05, 0) is 33.1 Å². The normalized spacial score (nSPS) is 24.4. The number of carboxylic acid groups (broad SMARTS) is 1. The average molecular weight is 244 g/mol. The number of nitrogens with one attached hydrogen (secondary N) is 2. The van der Waals surface area contributed by atoms with Gasteiger partial charge in [-0.15, -0.1) is 0 Å². The largest absolute Gasteiger partial charge is 0.480 e. The molecular weight excluding hydrogens is 224 g/mol. The zero-order chi connectivity index (χ0) is 13.1. The molecule has 6 heteroatoms. The lowest BCUT2D eigenvalue weighted by atomic mass is 10.1. The van der Waals surface area contributed by atoms with Crippen molar-refractivity contribution in [3.63, 3.8) is 0 Å². The van der Waals surface area contributed by atoms with Gasteiger partial charge >= 0.3 is 12.1 Å². The van der Waals surface area contributed by atoms with E-state index in [0.717, 1.165) is 0 Å².